The molecular formula is C23H42IN5O. The Balaban J connectivity index is 0.00000320. The fourth-order valence-electron chi connectivity index (χ4n) is 4.60. The summed E-state index contributed by atoms with van der Waals surface area (Å²) in [4.78, 5) is 10.0. The lowest BCUT2D eigenvalue weighted by Gasteiger charge is -2.32. The fourth-order valence-corrected chi connectivity index (χ4v) is 4.60. The molecule has 2 aliphatic rings. The quantitative estimate of drug-likeness (QED) is 0.286. The highest BCUT2D eigenvalue weighted by atomic mass is 127. The van der Waals surface area contributed by atoms with Crippen molar-refractivity contribution in [1.29, 1.82) is 0 Å². The van der Waals surface area contributed by atoms with E-state index >= 15 is 0 Å². The topological polar surface area (TPSA) is 56.0 Å². The third-order valence-electron chi connectivity index (χ3n) is 6.47. The van der Waals surface area contributed by atoms with Crippen molar-refractivity contribution in [3.8, 4) is 0 Å². The highest BCUT2D eigenvalue weighted by Gasteiger charge is 2.24. The van der Waals surface area contributed by atoms with E-state index in [1.807, 2.05) is 6.07 Å². The van der Waals surface area contributed by atoms with Gasteiger partial charge in [-0.15, -0.1) is 24.0 Å². The molecular weight excluding hydrogens is 489 g/mol. The number of hydrogen-bond donors (Lipinski definition) is 2. The number of nitrogens with one attached hydrogen (secondary N) is 2. The molecule has 1 unspecified atom stereocenters. The van der Waals surface area contributed by atoms with Crippen molar-refractivity contribution in [2.75, 3.05) is 52.4 Å². The Labute approximate surface area is 200 Å². The Morgan fingerprint density at radius 1 is 1.13 bits per heavy atom. The molecule has 0 aliphatic carbocycles. The normalized spacial score (nSPS) is 20.5. The predicted octanol–water partition coefficient (Wildman–Crippen LogP) is 4.10. The van der Waals surface area contributed by atoms with E-state index in [0.29, 0.717) is 0 Å². The number of likely N-dealkylation sites (tertiary alicyclic amines) is 2. The molecule has 3 rings (SSSR count). The molecule has 0 saturated carbocycles. The Kier molecular flexibility index (Phi) is 12.1. The standard InChI is InChI=1S/C23H41N5O.HI/c1-3-24-23(25-13-10-20-11-16-27(4-2)17-12-20)26-19-21(22-9-8-18-29-22)28-14-6-5-7-15-28;/h8-9,18,20-21H,3-7,10-17,19H2,1-2H3,(H2,24,25,26);1H. The molecule has 0 spiro atoms. The minimum atomic E-state index is 0. The van der Waals surface area contributed by atoms with Gasteiger partial charge in [0, 0.05) is 13.1 Å². The molecule has 7 heteroatoms. The average Bonchev–Trinajstić information content (AvgIpc) is 3.30. The van der Waals surface area contributed by atoms with Crippen LogP contribution in [0, 0.1) is 5.92 Å². The van der Waals surface area contributed by atoms with E-state index in [-0.39, 0.29) is 30.0 Å². The van der Waals surface area contributed by atoms with Crippen molar-refractivity contribution in [3.63, 3.8) is 0 Å². The first-order chi connectivity index (χ1) is 14.3. The van der Waals surface area contributed by atoms with E-state index in [9.17, 15) is 0 Å². The zero-order valence-electron chi connectivity index (χ0n) is 18.9. The molecule has 0 radical (unpaired) electrons. The maximum Gasteiger partial charge on any atom is 0.191 e. The number of nitrogens with zero attached hydrogens (tertiary/aromatic N) is 3. The molecule has 1 aromatic heterocycles. The largest absolute Gasteiger partial charge is 0.468 e. The number of furan rings is 1. The third kappa shape index (κ3) is 8.04. The second kappa shape index (κ2) is 14.3. The first-order valence-corrected chi connectivity index (χ1v) is 11.8. The van der Waals surface area contributed by atoms with Crippen molar-refractivity contribution in [3.05, 3.63) is 24.2 Å². The second-order valence-corrected chi connectivity index (χ2v) is 8.44. The van der Waals surface area contributed by atoms with Crippen LogP contribution in [0.4, 0.5) is 0 Å². The average molecular weight is 532 g/mol. The van der Waals surface area contributed by atoms with Gasteiger partial charge in [0.15, 0.2) is 5.96 Å². The van der Waals surface area contributed by atoms with Gasteiger partial charge in [-0.3, -0.25) is 9.89 Å². The molecule has 1 atom stereocenters. The Bertz CT molecular complexity index is 580. The van der Waals surface area contributed by atoms with Crippen LogP contribution in [0.1, 0.15) is 64.2 Å². The SMILES string of the molecule is CCNC(=NCC(c1ccco1)N1CCCCC1)NCCC1CCN(CC)CC1.I. The number of rotatable bonds is 9. The van der Waals surface area contributed by atoms with Crippen molar-refractivity contribution in [2.24, 2.45) is 10.9 Å². The summed E-state index contributed by atoms with van der Waals surface area (Å²) in [6.45, 7) is 13.0. The highest BCUT2D eigenvalue weighted by Crippen LogP contribution is 2.25. The van der Waals surface area contributed by atoms with E-state index in [4.69, 9.17) is 9.41 Å². The van der Waals surface area contributed by atoms with Crippen molar-refractivity contribution < 1.29 is 4.42 Å². The first-order valence-electron chi connectivity index (χ1n) is 11.8. The third-order valence-corrected chi connectivity index (χ3v) is 6.47. The molecule has 2 N–H and O–H groups in total. The number of hydrogen-bond acceptors (Lipinski definition) is 4. The maximum absolute atomic E-state index is 5.76. The number of guanidine groups is 1. The molecule has 1 aromatic rings. The lowest BCUT2D eigenvalue weighted by atomic mass is 9.93. The zero-order chi connectivity index (χ0) is 20.3. The van der Waals surface area contributed by atoms with Crippen LogP contribution in [0.25, 0.3) is 0 Å². The van der Waals surface area contributed by atoms with Crippen LogP contribution >= 0.6 is 24.0 Å². The van der Waals surface area contributed by atoms with Crippen LogP contribution in [0.3, 0.4) is 0 Å². The molecule has 6 nitrogen and oxygen atoms in total. The van der Waals surface area contributed by atoms with E-state index in [0.717, 1.165) is 50.4 Å². The summed E-state index contributed by atoms with van der Waals surface area (Å²) in [6, 6.07) is 4.32. The Morgan fingerprint density at radius 2 is 1.90 bits per heavy atom. The second-order valence-electron chi connectivity index (χ2n) is 8.44. The molecule has 0 amide bonds. The zero-order valence-corrected chi connectivity index (χ0v) is 21.3. The number of halogens is 1. The van der Waals surface area contributed by atoms with Crippen LogP contribution in [0.15, 0.2) is 27.8 Å². The van der Waals surface area contributed by atoms with Gasteiger partial charge in [0.2, 0.25) is 0 Å². The van der Waals surface area contributed by atoms with Gasteiger partial charge in [-0.05, 0) is 89.8 Å². The van der Waals surface area contributed by atoms with Gasteiger partial charge in [-0.2, -0.15) is 0 Å². The van der Waals surface area contributed by atoms with E-state index < -0.39 is 0 Å². The van der Waals surface area contributed by atoms with Crippen molar-refractivity contribution >= 4 is 29.9 Å². The van der Waals surface area contributed by atoms with Gasteiger partial charge < -0.3 is 20.0 Å². The van der Waals surface area contributed by atoms with Gasteiger partial charge in [0.05, 0.1) is 18.8 Å². The van der Waals surface area contributed by atoms with Gasteiger partial charge in [-0.25, -0.2) is 0 Å². The Morgan fingerprint density at radius 3 is 2.53 bits per heavy atom. The van der Waals surface area contributed by atoms with Crippen LogP contribution in [0.5, 0.6) is 0 Å². The van der Waals surface area contributed by atoms with E-state index in [2.05, 4.69) is 40.3 Å². The number of aliphatic imine (C=N–C) groups is 1. The summed E-state index contributed by atoms with van der Waals surface area (Å²) in [5.74, 6) is 2.82. The summed E-state index contributed by atoms with van der Waals surface area (Å²) in [5.41, 5.74) is 0. The lowest BCUT2D eigenvalue weighted by molar-refractivity contribution is 0.150. The van der Waals surface area contributed by atoms with E-state index in [1.54, 1.807) is 6.26 Å². The maximum atomic E-state index is 5.76. The minimum Gasteiger partial charge on any atom is -0.468 e. The molecule has 2 fully saturated rings. The number of piperidine rings is 2. The van der Waals surface area contributed by atoms with Gasteiger partial charge >= 0.3 is 0 Å². The minimum absolute atomic E-state index is 0. The highest BCUT2D eigenvalue weighted by molar-refractivity contribution is 14.0. The molecule has 2 saturated heterocycles. The monoisotopic (exact) mass is 531 g/mol. The Hall–Kier alpha value is -0.800. The summed E-state index contributed by atoms with van der Waals surface area (Å²) in [5, 5.41) is 6.99. The van der Waals surface area contributed by atoms with Crippen molar-refractivity contribution in [2.45, 2.75) is 58.4 Å². The summed E-state index contributed by atoms with van der Waals surface area (Å²) < 4.78 is 5.76. The van der Waals surface area contributed by atoms with Gasteiger partial charge in [0.25, 0.3) is 0 Å². The van der Waals surface area contributed by atoms with Crippen LogP contribution in [0.2, 0.25) is 0 Å². The molecule has 2 aliphatic heterocycles. The molecule has 172 valence electrons. The predicted molar refractivity (Wildman–Crippen MR) is 136 cm³/mol. The first kappa shape index (κ1) is 25.5. The molecule has 0 aromatic carbocycles. The summed E-state index contributed by atoms with van der Waals surface area (Å²) in [6.07, 6.45) is 9.56. The van der Waals surface area contributed by atoms with Crippen molar-refractivity contribution in [1.82, 2.24) is 20.4 Å². The van der Waals surface area contributed by atoms with Crippen LogP contribution < -0.4 is 10.6 Å². The molecule has 0 bridgehead atoms. The summed E-state index contributed by atoms with van der Waals surface area (Å²) in [7, 11) is 0. The van der Waals surface area contributed by atoms with Gasteiger partial charge in [-0.1, -0.05) is 13.3 Å². The lowest BCUT2D eigenvalue weighted by Crippen LogP contribution is -2.40. The van der Waals surface area contributed by atoms with Crippen LogP contribution in [-0.4, -0.2) is 68.1 Å². The summed E-state index contributed by atoms with van der Waals surface area (Å²) >= 11 is 0. The molecule has 30 heavy (non-hydrogen) atoms. The van der Waals surface area contributed by atoms with Crippen LogP contribution in [-0.2, 0) is 0 Å². The fraction of sp³-hybridized carbons (Fsp3) is 0.783. The molecule has 3 heterocycles. The smallest absolute Gasteiger partial charge is 0.191 e. The van der Waals surface area contributed by atoms with Gasteiger partial charge in [0.1, 0.15) is 5.76 Å². The van der Waals surface area contributed by atoms with E-state index in [1.165, 1.54) is 58.2 Å².